The summed E-state index contributed by atoms with van der Waals surface area (Å²) >= 11 is 0. The molecule has 1 aromatic heterocycles. The van der Waals surface area contributed by atoms with Crippen molar-refractivity contribution in [2.45, 2.75) is 13.1 Å². The predicted octanol–water partition coefficient (Wildman–Crippen LogP) is 0.662. The van der Waals surface area contributed by atoms with Crippen LogP contribution < -0.4 is 5.32 Å². The molecular weight excluding hydrogens is 276 g/mol. The van der Waals surface area contributed by atoms with Gasteiger partial charge < -0.3 is 10.4 Å². The SMILES string of the molecule is N#Cc1cc([N+](=O)[O-])ccc1NCc1cn(CCO)nn1. The average molecular weight is 288 g/mol. The van der Waals surface area contributed by atoms with E-state index in [1.807, 2.05) is 6.07 Å². The number of nitrogens with one attached hydrogen (secondary N) is 1. The molecule has 2 aromatic rings. The lowest BCUT2D eigenvalue weighted by molar-refractivity contribution is -0.384. The number of aliphatic hydroxyl groups excluding tert-OH is 1. The van der Waals surface area contributed by atoms with Gasteiger partial charge in [-0.1, -0.05) is 5.21 Å². The summed E-state index contributed by atoms with van der Waals surface area (Å²) in [4.78, 5) is 10.1. The first-order valence-corrected chi connectivity index (χ1v) is 6.06. The molecule has 0 bridgehead atoms. The summed E-state index contributed by atoms with van der Waals surface area (Å²) in [7, 11) is 0. The number of nitro benzene ring substituents is 1. The zero-order valence-electron chi connectivity index (χ0n) is 10.9. The Balaban J connectivity index is 2.08. The van der Waals surface area contributed by atoms with Gasteiger partial charge in [-0.05, 0) is 6.07 Å². The maximum absolute atomic E-state index is 10.7. The minimum absolute atomic E-state index is 0.0306. The molecule has 0 saturated carbocycles. The number of nitro groups is 1. The minimum Gasteiger partial charge on any atom is -0.394 e. The number of anilines is 1. The number of aromatic nitrogens is 3. The van der Waals surface area contributed by atoms with E-state index in [2.05, 4.69) is 15.6 Å². The Labute approximate surface area is 119 Å². The van der Waals surface area contributed by atoms with Gasteiger partial charge in [-0.3, -0.25) is 10.1 Å². The lowest BCUT2D eigenvalue weighted by Gasteiger charge is -2.05. The summed E-state index contributed by atoms with van der Waals surface area (Å²) in [6.45, 7) is 0.642. The molecule has 0 amide bonds. The van der Waals surface area contributed by atoms with E-state index in [-0.39, 0.29) is 17.9 Å². The van der Waals surface area contributed by atoms with Crippen molar-refractivity contribution < 1.29 is 10.0 Å². The third-order valence-corrected chi connectivity index (χ3v) is 2.71. The number of hydrogen-bond donors (Lipinski definition) is 2. The molecule has 9 heteroatoms. The third kappa shape index (κ3) is 3.52. The number of rotatable bonds is 6. The number of nitriles is 1. The summed E-state index contributed by atoms with van der Waals surface area (Å²) in [6, 6.07) is 5.93. The van der Waals surface area contributed by atoms with Gasteiger partial charge in [0.15, 0.2) is 0 Å². The fraction of sp³-hybridized carbons (Fsp3) is 0.250. The van der Waals surface area contributed by atoms with E-state index < -0.39 is 4.92 Å². The van der Waals surface area contributed by atoms with Crippen molar-refractivity contribution in [2.75, 3.05) is 11.9 Å². The molecule has 9 nitrogen and oxygen atoms in total. The molecule has 0 aliphatic heterocycles. The first kappa shape index (κ1) is 14.4. The van der Waals surface area contributed by atoms with Gasteiger partial charge in [0.05, 0.1) is 42.1 Å². The second kappa shape index (κ2) is 6.44. The van der Waals surface area contributed by atoms with Crippen molar-refractivity contribution in [3.05, 3.63) is 45.8 Å². The average Bonchev–Trinajstić information content (AvgIpc) is 2.93. The number of benzene rings is 1. The van der Waals surface area contributed by atoms with Gasteiger partial charge in [0.1, 0.15) is 11.8 Å². The summed E-state index contributed by atoms with van der Waals surface area (Å²) in [5.41, 5.74) is 1.17. The normalized spacial score (nSPS) is 10.1. The fourth-order valence-electron chi connectivity index (χ4n) is 1.71. The van der Waals surface area contributed by atoms with Gasteiger partial charge in [0.2, 0.25) is 0 Å². The molecule has 0 radical (unpaired) electrons. The fourth-order valence-corrected chi connectivity index (χ4v) is 1.71. The van der Waals surface area contributed by atoms with E-state index in [1.54, 1.807) is 6.20 Å². The Morgan fingerprint density at radius 1 is 1.52 bits per heavy atom. The molecule has 0 saturated heterocycles. The van der Waals surface area contributed by atoms with Gasteiger partial charge in [-0.25, -0.2) is 4.68 Å². The van der Waals surface area contributed by atoms with Crippen LogP contribution in [0.1, 0.15) is 11.3 Å². The molecule has 0 aliphatic carbocycles. The highest BCUT2D eigenvalue weighted by atomic mass is 16.6. The molecule has 2 rings (SSSR count). The monoisotopic (exact) mass is 288 g/mol. The van der Waals surface area contributed by atoms with Crippen molar-refractivity contribution in [1.82, 2.24) is 15.0 Å². The van der Waals surface area contributed by atoms with Crippen molar-refractivity contribution in [1.29, 1.82) is 5.26 Å². The highest BCUT2D eigenvalue weighted by Crippen LogP contribution is 2.21. The molecule has 108 valence electrons. The summed E-state index contributed by atoms with van der Waals surface area (Å²) in [5.74, 6) is 0. The van der Waals surface area contributed by atoms with Gasteiger partial charge in [-0.15, -0.1) is 5.10 Å². The zero-order valence-corrected chi connectivity index (χ0v) is 10.9. The second-order valence-corrected chi connectivity index (χ2v) is 4.15. The summed E-state index contributed by atoms with van der Waals surface area (Å²) < 4.78 is 1.50. The van der Waals surface area contributed by atoms with Crippen LogP contribution in [0.25, 0.3) is 0 Å². The number of hydrogen-bond acceptors (Lipinski definition) is 7. The van der Waals surface area contributed by atoms with Crippen LogP contribution in [0.5, 0.6) is 0 Å². The summed E-state index contributed by atoms with van der Waals surface area (Å²) in [5, 5.41) is 39.2. The van der Waals surface area contributed by atoms with Gasteiger partial charge in [0.25, 0.3) is 5.69 Å². The van der Waals surface area contributed by atoms with E-state index in [9.17, 15) is 10.1 Å². The van der Waals surface area contributed by atoms with E-state index in [1.165, 1.54) is 22.9 Å². The van der Waals surface area contributed by atoms with Crippen molar-refractivity contribution >= 4 is 11.4 Å². The predicted molar refractivity (Wildman–Crippen MR) is 72.2 cm³/mol. The number of aliphatic hydroxyl groups is 1. The van der Waals surface area contributed by atoms with Crippen LogP contribution in [0, 0.1) is 21.4 Å². The molecule has 0 unspecified atom stereocenters. The minimum atomic E-state index is -0.550. The quantitative estimate of drug-likeness (QED) is 0.589. The van der Waals surface area contributed by atoms with E-state index in [0.29, 0.717) is 24.5 Å². The first-order chi connectivity index (χ1) is 10.1. The molecule has 0 fully saturated rings. The molecule has 2 N–H and O–H groups in total. The maximum atomic E-state index is 10.7. The van der Waals surface area contributed by atoms with E-state index in [4.69, 9.17) is 10.4 Å². The number of nitrogens with zero attached hydrogens (tertiary/aromatic N) is 5. The number of non-ortho nitro benzene ring substituents is 1. The van der Waals surface area contributed by atoms with Gasteiger partial charge in [0, 0.05) is 12.1 Å². The smallest absolute Gasteiger partial charge is 0.270 e. The van der Waals surface area contributed by atoms with Gasteiger partial charge >= 0.3 is 0 Å². The molecule has 0 spiro atoms. The largest absolute Gasteiger partial charge is 0.394 e. The Hall–Kier alpha value is -2.99. The first-order valence-electron chi connectivity index (χ1n) is 6.06. The molecule has 21 heavy (non-hydrogen) atoms. The molecule has 1 heterocycles. The molecule has 1 aromatic carbocycles. The highest BCUT2D eigenvalue weighted by Gasteiger charge is 2.10. The summed E-state index contributed by atoms with van der Waals surface area (Å²) in [6.07, 6.45) is 1.67. The van der Waals surface area contributed by atoms with E-state index >= 15 is 0 Å². The van der Waals surface area contributed by atoms with Crippen molar-refractivity contribution in [3.8, 4) is 6.07 Å². The Morgan fingerprint density at radius 3 is 3.00 bits per heavy atom. The Morgan fingerprint density at radius 2 is 2.33 bits per heavy atom. The standard InChI is InChI=1S/C12H12N6O3/c13-6-9-5-11(18(20)21)1-2-12(9)14-7-10-8-17(3-4-19)16-15-10/h1-2,5,8,14,19H,3-4,7H2. The van der Waals surface area contributed by atoms with Crippen LogP contribution in [0.15, 0.2) is 24.4 Å². The van der Waals surface area contributed by atoms with Crippen LogP contribution >= 0.6 is 0 Å². The van der Waals surface area contributed by atoms with Crippen LogP contribution in [0.2, 0.25) is 0 Å². The van der Waals surface area contributed by atoms with Crippen molar-refractivity contribution in [2.24, 2.45) is 0 Å². The lowest BCUT2D eigenvalue weighted by Crippen LogP contribution is -2.03. The molecule has 0 atom stereocenters. The second-order valence-electron chi connectivity index (χ2n) is 4.15. The van der Waals surface area contributed by atoms with Crippen LogP contribution in [-0.4, -0.2) is 31.6 Å². The zero-order chi connectivity index (χ0) is 15.2. The van der Waals surface area contributed by atoms with Crippen LogP contribution in [0.4, 0.5) is 11.4 Å². The molecular formula is C12H12N6O3. The van der Waals surface area contributed by atoms with Crippen molar-refractivity contribution in [3.63, 3.8) is 0 Å². The highest BCUT2D eigenvalue weighted by molar-refractivity contribution is 5.61. The Bertz CT molecular complexity index is 691. The Kier molecular flexibility index (Phi) is 4.43. The van der Waals surface area contributed by atoms with E-state index in [0.717, 1.165) is 0 Å². The third-order valence-electron chi connectivity index (χ3n) is 2.71. The maximum Gasteiger partial charge on any atom is 0.270 e. The topological polar surface area (TPSA) is 130 Å². The molecule has 0 aliphatic rings. The lowest BCUT2D eigenvalue weighted by atomic mass is 10.1. The van der Waals surface area contributed by atoms with Crippen LogP contribution in [-0.2, 0) is 13.1 Å². The van der Waals surface area contributed by atoms with Gasteiger partial charge in [-0.2, -0.15) is 5.26 Å². The van der Waals surface area contributed by atoms with Crippen LogP contribution in [0.3, 0.4) is 0 Å².